The summed E-state index contributed by atoms with van der Waals surface area (Å²) in [5.74, 6) is 0.839. The minimum atomic E-state index is -0.340. The standard InChI is InChI=1S/C21H17O3/c1-16(22)24-19-11-7-10-18(14-19)20-12-5-6-13-21(20)23-15-17-8-3-2-4-9-17/h2-12,14H,15H2,1H3. The molecule has 0 bridgehead atoms. The van der Waals surface area contributed by atoms with Crippen molar-refractivity contribution < 1.29 is 14.3 Å². The zero-order chi connectivity index (χ0) is 16.8. The van der Waals surface area contributed by atoms with Crippen molar-refractivity contribution in [2.45, 2.75) is 13.5 Å². The van der Waals surface area contributed by atoms with E-state index in [0.717, 1.165) is 16.7 Å². The number of para-hydroxylation sites is 1. The van der Waals surface area contributed by atoms with Gasteiger partial charge in [-0.25, -0.2) is 0 Å². The highest BCUT2D eigenvalue weighted by Gasteiger charge is 2.08. The number of carbonyl (C=O) groups is 1. The van der Waals surface area contributed by atoms with Crippen LogP contribution in [0.4, 0.5) is 0 Å². The number of hydrogen-bond donors (Lipinski definition) is 0. The summed E-state index contributed by atoms with van der Waals surface area (Å²) in [5.41, 5.74) is 2.91. The predicted octanol–water partition coefficient (Wildman–Crippen LogP) is 4.66. The predicted molar refractivity (Wildman–Crippen MR) is 92.8 cm³/mol. The van der Waals surface area contributed by atoms with E-state index in [1.54, 1.807) is 6.07 Å². The molecule has 3 aromatic carbocycles. The average Bonchev–Trinajstić information content (AvgIpc) is 2.61. The van der Waals surface area contributed by atoms with Crippen LogP contribution in [-0.2, 0) is 11.4 Å². The minimum absolute atomic E-state index is 0.340. The van der Waals surface area contributed by atoms with Gasteiger partial charge in [0, 0.05) is 18.6 Å². The smallest absolute Gasteiger partial charge is 0.308 e. The first kappa shape index (κ1) is 15.8. The van der Waals surface area contributed by atoms with Gasteiger partial charge in [-0.2, -0.15) is 0 Å². The van der Waals surface area contributed by atoms with Gasteiger partial charge in [0.1, 0.15) is 18.1 Å². The van der Waals surface area contributed by atoms with Gasteiger partial charge in [0.05, 0.1) is 0 Å². The van der Waals surface area contributed by atoms with E-state index in [2.05, 4.69) is 6.07 Å². The van der Waals surface area contributed by atoms with Gasteiger partial charge < -0.3 is 9.47 Å². The molecule has 0 spiro atoms. The Morgan fingerprint density at radius 2 is 1.83 bits per heavy atom. The lowest BCUT2D eigenvalue weighted by Crippen LogP contribution is -2.01. The molecule has 0 aliphatic heterocycles. The first-order valence-electron chi connectivity index (χ1n) is 7.68. The topological polar surface area (TPSA) is 35.5 Å². The van der Waals surface area contributed by atoms with Gasteiger partial charge in [-0.1, -0.05) is 60.7 Å². The summed E-state index contributed by atoms with van der Waals surface area (Å²) in [4.78, 5) is 11.1. The second kappa shape index (κ2) is 7.47. The van der Waals surface area contributed by atoms with E-state index in [1.807, 2.05) is 66.7 Å². The monoisotopic (exact) mass is 317 g/mol. The molecular weight excluding hydrogens is 300 g/mol. The highest BCUT2D eigenvalue weighted by atomic mass is 16.5. The lowest BCUT2D eigenvalue weighted by molar-refractivity contribution is -0.131. The first-order valence-corrected chi connectivity index (χ1v) is 7.68. The quantitative estimate of drug-likeness (QED) is 0.507. The van der Waals surface area contributed by atoms with Crippen LogP contribution in [0, 0.1) is 6.07 Å². The molecule has 0 aliphatic rings. The Morgan fingerprint density at radius 3 is 2.62 bits per heavy atom. The number of ether oxygens (including phenoxy) is 2. The maximum atomic E-state index is 11.1. The van der Waals surface area contributed by atoms with Crippen molar-refractivity contribution in [1.82, 2.24) is 0 Å². The zero-order valence-electron chi connectivity index (χ0n) is 13.4. The normalized spacial score (nSPS) is 10.2. The first-order chi connectivity index (χ1) is 11.7. The van der Waals surface area contributed by atoms with Crippen LogP contribution >= 0.6 is 0 Å². The third kappa shape index (κ3) is 4.02. The van der Waals surface area contributed by atoms with E-state index in [1.165, 1.54) is 6.92 Å². The SMILES string of the molecule is CC(=O)Oc1cccc(-c2ccc[c]c2OCc2ccccc2)c1. The fourth-order valence-corrected chi connectivity index (χ4v) is 2.39. The average molecular weight is 317 g/mol. The molecule has 0 aromatic heterocycles. The second-order valence-corrected chi connectivity index (χ2v) is 5.31. The molecule has 0 amide bonds. The summed E-state index contributed by atoms with van der Waals surface area (Å²) < 4.78 is 11.1. The van der Waals surface area contributed by atoms with E-state index in [9.17, 15) is 4.79 Å². The van der Waals surface area contributed by atoms with E-state index in [-0.39, 0.29) is 5.97 Å². The highest BCUT2D eigenvalue weighted by molar-refractivity contribution is 5.73. The van der Waals surface area contributed by atoms with Crippen molar-refractivity contribution in [1.29, 1.82) is 0 Å². The summed E-state index contributed by atoms with van der Waals surface area (Å²) in [5, 5.41) is 0. The van der Waals surface area contributed by atoms with Crippen LogP contribution in [0.15, 0.2) is 72.8 Å². The molecule has 0 aliphatic carbocycles. The Labute approximate surface area is 141 Å². The van der Waals surface area contributed by atoms with E-state index in [0.29, 0.717) is 18.1 Å². The van der Waals surface area contributed by atoms with Crippen LogP contribution in [-0.4, -0.2) is 5.97 Å². The van der Waals surface area contributed by atoms with Gasteiger partial charge in [-0.15, -0.1) is 0 Å². The Balaban J connectivity index is 1.85. The van der Waals surface area contributed by atoms with Crippen LogP contribution < -0.4 is 9.47 Å². The molecule has 0 N–H and O–H groups in total. The van der Waals surface area contributed by atoms with Gasteiger partial charge in [0.2, 0.25) is 0 Å². The van der Waals surface area contributed by atoms with E-state index >= 15 is 0 Å². The fraction of sp³-hybridized carbons (Fsp3) is 0.0952. The van der Waals surface area contributed by atoms with Crippen LogP contribution in [0.3, 0.4) is 0 Å². The van der Waals surface area contributed by atoms with Gasteiger partial charge in [0.15, 0.2) is 0 Å². The molecule has 24 heavy (non-hydrogen) atoms. The molecule has 3 aromatic rings. The van der Waals surface area contributed by atoms with Crippen molar-refractivity contribution >= 4 is 5.97 Å². The largest absolute Gasteiger partial charge is 0.488 e. The number of hydrogen-bond acceptors (Lipinski definition) is 3. The molecule has 3 rings (SSSR count). The molecule has 3 heteroatoms. The number of carbonyl (C=O) groups excluding carboxylic acids is 1. The van der Waals surface area contributed by atoms with Crippen molar-refractivity contribution in [3.05, 3.63) is 84.4 Å². The fourth-order valence-electron chi connectivity index (χ4n) is 2.39. The molecule has 119 valence electrons. The lowest BCUT2D eigenvalue weighted by atomic mass is 10.0. The summed E-state index contributed by atoms with van der Waals surface area (Å²) in [7, 11) is 0. The lowest BCUT2D eigenvalue weighted by Gasteiger charge is -2.12. The summed E-state index contributed by atoms with van der Waals surface area (Å²) in [6.45, 7) is 1.86. The number of esters is 1. The number of benzene rings is 3. The van der Waals surface area contributed by atoms with E-state index < -0.39 is 0 Å². The third-order valence-corrected chi connectivity index (χ3v) is 3.45. The molecule has 0 atom stereocenters. The zero-order valence-corrected chi connectivity index (χ0v) is 13.4. The van der Waals surface area contributed by atoms with Crippen LogP contribution in [0.25, 0.3) is 11.1 Å². The molecule has 1 radical (unpaired) electrons. The molecule has 3 nitrogen and oxygen atoms in total. The Kier molecular flexibility index (Phi) is 4.92. The van der Waals surface area contributed by atoms with Gasteiger partial charge in [-0.3, -0.25) is 4.79 Å². The van der Waals surface area contributed by atoms with Gasteiger partial charge in [-0.05, 0) is 23.3 Å². The summed E-state index contributed by atoms with van der Waals surface area (Å²) in [6, 6.07) is 26.2. The third-order valence-electron chi connectivity index (χ3n) is 3.45. The second-order valence-electron chi connectivity index (χ2n) is 5.31. The van der Waals surface area contributed by atoms with Gasteiger partial charge in [0.25, 0.3) is 0 Å². The summed E-state index contributed by atoms with van der Waals surface area (Å²) in [6.07, 6.45) is 0. The van der Waals surface area contributed by atoms with Crippen LogP contribution in [0.5, 0.6) is 11.5 Å². The maximum absolute atomic E-state index is 11.1. The minimum Gasteiger partial charge on any atom is -0.488 e. The molecule has 0 saturated carbocycles. The van der Waals surface area contributed by atoms with E-state index in [4.69, 9.17) is 9.47 Å². The van der Waals surface area contributed by atoms with Crippen molar-refractivity contribution in [3.63, 3.8) is 0 Å². The maximum Gasteiger partial charge on any atom is 0.308 e. The van der Waals surface area contributed by atoms with Crippen LogP contribution in [0.2, 0.25) is 0 Å². The molecular formula is C21H17O3. The Morgan fingerprint density at radius 1 is 1.00 bits per heavy atom. The Hall–Kier alpha value is -3.07. The van der Waals surface area contributed by atoms with Crippen molar-refractivity contribution in [2.24, 2.45) is 0 Å². The van der Waals surface area contributed by atoms with Crippen molar-refractivity contribution in [3.8, 4) is 22.6 Å². The van der Waals surface area contributed by atoms with Gasteiger partial charge >= 0.3 is 5.97 Å². The highest BCUT2D eigenvalue weighted by Crippen LogP contribution is 2.32. The number of rotatable bonds is 5. The van der Waals surface area contributed by atoms with Crippen LogP contribution in [0.1, 0.15) is 12.5 Å². The Bertz CT molecular complexity index is 825. The molecule has 0 heterocycles. The summed E-state index contributed by atoms with van der Waals surface area (Å²) >= 11 is 0. The van der Waals surface area contributed by atoms with Crippen molar-refractivity contribution in [2.75, 3.05) is 0 Å². The molecule has 0 fully saturated rings. The molecule has 0 saturated heterocycles. The molecule has 0 unspecified atom stereocenters.